The van der Waals surface area contributed by atoms with Crippen LogP contribution in [0.4, 0.5) is 0 Å². The predicted octanol–water partition coefficient (Wildman–Crippen LogP) is 0.722. The third kappa shape index (κ3) is 3.38. The monoisotopic (exact) mass is 256 g/mol. The van der Waals surface area contributed by atoms with Crippen LogP contribution in [0.15, 0.2) is 18.6 Å². The summed E-state index contributed by atoms with van der Waals surface area (Å²) in [4.78, 5) is 21.7. The van der Waals surface area contributed by atoms with Gasteiger partial charge in [0.2, 0.25) is 0 Å². The topological polar surface area (TPSA) is 58.1 Å². The van der Waals surface area contributed by atoms with Crippen molar-refractivity contribution < 1.29 is 4.79 Å². The largest absolute Gasteiger partial charge is 0.336 e. The summed E-state index contributed by atoms with van der Waals surface area (Å²) in [5, 5.41) is 3.29. The Hall–Kier alpha value is -1.20. The summed E-state index contributed by atoms with van der Waals surface area (Å²) in [6.07, 6.45) is 6.78. The van der Waals surface area contributed by atoms with Gasteiger partial charge in [0.25, 0.3) is 5.91 Å². The van der Waals surface area contributed by atoms with Crippen molar-refractivity contribution in [3.8, 4) is 0 Å². The van der Waals surface area contributed by atoms with Crippen LogP contribution in [0, 0.1) is 0 Å². The van der Waals surface area contributed by atoms with E-state index in [4.69, 9.17) is 0 Å². The number of hydrogen-bond donors (Lipinski definition) is 1. The Bertz CT molecular complexity index is 354. The quantitative estimate of drug-likeness (QED) is 0.847. The van der Waals surface area contributed by atoms with E-state index in [0.717, 1.165) is 25.9 Å². The van der Waals surface area contributed by atoms with Crippen LogP contribution in [-0.2, 0) is 0 Å². The number of aromatic nitrogens is 2. The van der Waals surface area contributed by atoms with Gasteiger partial charge < -0.3 is 10.2 Å². The fourth-order valence-corrected chi connectivity index (χ4v) is 1.92. The maximum absolute atomic E-state index is 12.0. The molecule has 1 aliphatic rings. The van der Waals surface area contributed by atoms with Crippen molar-refractivity contribution in [2.45, 2.75) is 18.9 Å². The lowest BCUT2D eigenvalue weighted by Crippen LogP contribution is -2.46. The third-order valence-electron chi connectivity index (χ3n) is 2.92. The van der Waals surface area contributed by atoms with Gasteiger partial charge in [0, 0.05) is 32.0 Å². The van der Waals surface area contributed by atoms with Crippen molar-refractivity contribution in [3.05, 3.63) is 24.3 Å². The van der Waals surface area contributed by atoms with Crippen LogP contribution in [0.5, 0.6) is 0 Å². The summed E-state index contributed by atoms with van der Waals surface area (Å²) in [5.41, 5.74) is 0.413. The fraction of sp³-hybridized carbons (Fsp3) is 0.545. The number of amides is 1. The molecule has 0 bridgehead atoms. The van der Waals surface area contributed by atoms with Crippen LogP contribution in [0.2, 0.25) is 0 Å². The highest BCUT2D eigenvalue weighted by Crippen LogP contribution is 2.10. The minimum atomic E-state index is -0.0539. The van der Waals surface area contributed by atoms with Crippen LogP contribution >= 0.6 is 12.4 Å². The van der Waals surface area contributed by atoms with Crippen LogP contribution in [0.1, 0.15) is 23.3 Å². The van der Waals surface area contributed by atoms with Gasteiger partial charge >= 0.3 is 0 Å². The molecule has 1 aromatic heterocycles. The first-order chi connectivity index (χ1) is 7.79. The number of halogens is 1. The number of likely N-dealkylation sites (N-methyl/N-ethyl adjacent to an activating group) is 1. The van der Waals surface area contributed by atoms with E-state index in [1.807, 2.05) is 7.05 Å². The lowest BCUT2D eigenvalue weighted by Gasteiger charge is -2.31. The maximum Gasteiger partial charge on any atom is 0.274 e. The van der Waals surface area contributed by atoms with E-state index in [1.54, 1.807) is 17.3 Å². The second-order valence-electron chi connectivity index (χ2n) is 4.01. The summed E-state index contributed by atoms with van der Waals surface area (Å²) in [6, 6.07) is 0.267. The molecular weight excluding hydrogens is 240 g/mol. The molecule has 0 aliphatic carbocycles. The molecule has 2 rings (SSSR count). The zero-order valence-electron chi connectivity index (χ0n) is 9.80. The van der Waals surface area contributed by atoms with E-state index in [2.05, 4.69) is 15.3 Å². The van der Waals surface area contributed by atoms with Crippen molar-refractivity contribution in [3.63, 3.8) is 0 Å². The van der Waals surface area contributed by atoms with Gasteiger partial charge in [-0.25, -0.2) is 4.98 Å². The molecule has 1 aliphatic heterocycles. The highest BCUT2D eigenvalue weighted by molar-refractivity contribution is 5.92. The highest BCUT2D eigenvalue weighted by atomic mass is 35.5. The third-order valence-corrected chi connectivity index (χ3v) is 2.92. The minimum absolute atomic E-state index is 0. The Balaban J connectivity index is 0.00000144. The van der Waals surface area contributed by atoms with Crippen LogP contribution in [-0.4, -0.2) is 47.0 Å². The lowest BCUT2D eigenvalue weighted by atomic mass is 10.1. The van der Waals surface area contributed by atoms with Gasteiger partial charge in [0.05, 0.1) is 6.20 Å². The summed E-state index contributed by atoms with van der Waals surface area (Å²) < 4.78 is 0. The second kappa shape index (κ2) is 6.51. The molecule has 1 saturated heterocycles. The van der Waals surface area contributed by atoms with E-state index in [0.29, 0.717) is 5.69 Å². The van der Waals surface area contributed by atoms with Crippen molar-refractivity contribution in [2.75, 3.05) is 20.1 Å². The van der Waals surface area contributed by atoms with Gasteiger partial charge in [-0.3, -0.25) is 9.78 Å². The van der Waals surface area contributed by atoms with E-state index in [1.165, 1.54) is 6.20 Å². The first-order valence-corrected chi connectivity index (χ1v) is 5.53. The standard InChI is InChI=1S/C11H16N4O.ClH/c1-15(9-3-2-4-12-7-9)11(16)10-8-13-5-6-14-10;/h5-6,8-9,12H,2-4,7H2,1H3;1H. The molecule has 0 aromatic carbocycles. The molecule has 1 atom stereocenters. The van der Waals surface area contributed by atoms with Gasteiger partial charge in [0.1, 0.15) is 5.69 Å². The fourth-order valence-electron chi connectivity index (χ4n) is 1.92. The van der Waals surface area contributed by atoms with Crippen LogP contribution in [0.3, 0.4) is 0 Å². The van der Waals surface area contributed by atoms with Gasteiger partial charge in [-0.2, -0.15) is 0 Å². The van der Waals surface area contributed by atoms with Gasteiger partial charge in [0.15, 0.2) is 0 Å². The number of piperidine rings is 1. The molecule has 1 unspecified atom stereocenters. The molecule has 2 heterocycles. The van der Waals surface area contributed by atoms with E-state index in [9.17, 15) is 4.79 Å². The first kappa shape index (κ1) is 13.9. The Morgan fingerprint density at radius 1 is 1.53 bits per heavy atom. The summed E-state index contributed by atoms with van der Waals surface area (Å²) >= 11 is 0. The molecule has 1 fully saturated rings. The molecule has 17 heavy (non-hydrogen) atoms. The molecule has 1 amide bonds. The molecule has 0 radical (unpaired) electrons. The van der Waals surface area contributed by atoms with E-state index >= 15 is 0 Å². The van der Waals surface area contributed by atoms with Crippen LogP contribution < -0.4 is 5.32 Å². The molecule has 0 spiro atoms. The highest BCUT2D eigenvalue weighted by Gasteiger charge is 2.23. The Morgan fingerprint density at radius 3 is 2.94 bits per heavy atom. The number of carbonyl (C=O) groups is 1. The zero-order valence-corrected chi connectivity index (χ0v) is 10.6. The lowest BCUT2D eigenvalue weighted by molar-refractivity contribution is 0.0702. The smallest absolute Gasteiger partial charge is 0.274 e. The zero-order chi connectivity index (χ0) is 11.4. The number of rotatable bonds is 2. The van der Waals surface area contributed by atoms with E-state index in [-0.39, 0.29) is 24.4 Å². The average Bonchev–Trinajstić information content (AvgIpc) is 2.39. The predicted molar refractivity (Wildman–Crippen MR) is 67.3 cm³/mol. The average molecular weight is 257 g/mol. The number of nitrogens with zero attached hydrogens (tertiary/aromatic N) is 3. The molecule has 1 N–H and O–H groups in total. The molecular formula is C11H17ClN4O. The molecule has 1 aromatic rings. The number of carbonyl (C=O) groups excluding carboxylic acids is 1. The SMILES string of the molecule is CN(C(=O)c1cnccn1)C1CCCNC1.Cl. The van der Waals surface area contributed by atoms with Crippen molar-refractivity contribution in [2.24, 2.45) is 0 Å². The Labute approximate surface area is 107 Å². The van der Waals surface area contributed by atoms with Crippen molar-refractivity contribution in [1.29, 1.82) is 0 Å². The minimum Gasteiger partial charge on any atom is -0.336 e. The van der Waals surface area contributed by atoms with Gasteiger partial charge in [-0.1, -0.05) is 0 Å². The summed E-state index contributed by atoms with van der Waals surface area (Å²) in [7, 11) is 1.83. The molecule has 94 valence electrons. The van der Waals surface area contributed by atoms with Gasteiger partial charge in [-0.15, -0.1) is 12.4 Å². The molecule has 6 heteroatoms. The molecule has 0 saturated carbocycles. The molecule has 5 nitrogen and oxygen atoms in total. The Kier molecular flexibility index (Phi) is 5.31. The number of hydrogen-bond acceptors (Lipinski definition) is 4. The summed E-state index contributed by atoms with van der Waals surface area (Å²) in [5.74, 6) is -0.0539. The van der Waals surface area contributed by atoms with Gasteiger partial charge in [-0.05, 0) is 19.4 Å². The summed E-state index contributed by atoms with van der Waals surface area (Å²) in [6.45, 7) is 1.91. The maximum atomic E-state index is 12.0. The van der Waals surface area contributed by atoms with Crippen LogP contribution in [0.25, 0.3) is 0 Å². The number of nitrogens with one attached hydrogen (secondary N) is 1. The van der Waals surface area contributed by atoms with Crippen molar-refractivity contribution in [1.82, 2.24) is 20.2 Å². The van der Waals surface area contributed by atoms with E-state index < -0.39 is 0 Å². The normalized spacial score (nSPS) is 19.2. The first-order valence-electron chi connectivity index (χ1n) is 5.53. The Morgan fingerprint density at radius 2 is 2.35 bits per heavy atom. The second-order valence-corrected chi connectivity index (χ2v) is 4.01. The van der Waals surface area contributed by atoms with Crippen molar-refractivity contribution >= 4 is 18.3 Å².